The smallest absolute Gasteiger partial charge is 0.263 e. The average Bonchev–Trinajstić information content (AvgIpc) is 3.23. The SMILES string of the molecule is CC(Oc1ccc(F)c(F)c1)C(=O)N1CCCC(CNC(=O)C2CCCN2)C1. The van der Waals surface area contributed by atoms with Crippen LogP contribution in [0.15, 0.2) is 18.2 Å². The number of halogens is 2. The first-order valence-corrected chi connectivity index (χ1v) is 9.85. The highest BCUT2D eigenvalue weighted by molar-refractivity contribution is 5.82. The van der Waals surface area contributed by atoms with E-state index >= 15 is 0 Å². The normalized spacial score (nSPS) is 23.3. The largest absolute Gasteiger partial charge is 0.481 e. The lowest BCUT2D eigenvalue weighted by atomic mass is 9.97. The molecule has 154 valence electrons. The van der Waals surface area contributed by atoms with Gasteiger partial charge in [0.1, 0.15) is 5.75 Å². The number of carbonyl (C=O) groups is 2. The van der Waals surface area contributed by atoms with Gasteiger partial charge in [0.25, 0.3) is 5.91 Å². The van der Waals surface area contributed by atoms with Crippen molar-refractivity contribution >= 4 is 11.8 Å². The summed E-state index contributed by atoms with van der Waals surface area (Å²) in [6.07, 6.45) is 2.87. The number of likely N-dealkylation sites (tertiary alicyclic amines) is 1. The molecule has 2 N–H and O–H groups in total. The number of nitrogens with one attached hydrogen (secondary N) is 2. The van der Waals surface area contributed by atoms with Gasteiger partial charge >= 0.3 is 0 Å². The van der Waals surface area contributed by atoms with E-state index in [1.807, 2.05) is 0 Å². The Bertz CT molecular complexity index is 710. The van der Waals surface area contributed by atoms with Crippen LogP contribution in [0.25, 0.3) is 0 Å². The van der Waals surface area contributed by atoms with Gasteiger partial charge in [-0.05, 0) is 57.2 Å². The van der Waals surface area contributed by atoms with Crippen molar-refractivity contribution in [1.82, 2.24) is 15.5 Å². The van der Waals surface area contributed by atoms with Gasteiger partial charge in [0, 0.05) is 25.7 Å². The van der Waals surface area contributed by atoms with Crippen molar-refractivity contribution in [3.63, 3.8) is 0 Å². The molecule has 0 saturated carbocycles. The van der Waals surface area contributed by atoms with E-state index in [1.54, 1.807) is 11.8 Å². The van der Waals surface area contributed by atoms with Gasteiger partial charge in [-0.2, -0.15) is 0 Å². The van der Waals surface area contributed by atoms with Crippen LogP contribution in [-0.4, -0.2) is 55.0 Å². The highest BCUT2D eigenvalue weighted by atomic mass is 19.2. The maximum Gasteiger partial charge on any atom is 0.263 e. The topological polar surface area (TPSA) is 70.7 Å². The molecular weight excluding hydrogens is 368 g/mol. The van der Waals surface area contributed by atoms with Crippen molar-refractivity contribution < 1.29 is 23.1 Å². The molecule has 1 aromatic carbocycles. The van der Waals surface area contributed by atoms with Crippen LogP contribution in [0.5, 0.6) is 5.75 Å². The molecule has 0 aromatic heterocycles. The standard InChI is InChI=1S/C20H27F2N3O3/c1-13(28-15-6-7-16(21)17(22)10-15)20(27)25-9-3-4-14(12-25)11-24-19(26)18-5-2-8-23-18/h6-7,10,13-14,18,23H,2-5,8-9,11-12H2,1H3,(H,24,26). The lowest BCUT2D eigenvalue weighted by Gasteiger charge is -2.34. The van der Waals surface area contributed by atoms with Crippen LogP contribution in [0, 0.1) is 17.6 Å². The molecule has 0 bridgehead atoms. The van der Waals surface area contributed by atoms with Gasteiger partial charge < -0.3 is 20.3 Å². The zero-order valence-electron chi connectivity index (χ0n) is 16.0. The second-order valence-electron chi connectivity index (χ2n) is 7.52. The second kappa shape index (κ2) is 9.32. The average molecular weight is 395 g/mol. The van der Waals surface area contributed by atoms with Crippen LogP contribution < -0.4 is 15.4 Å². The molecule has 3 rings (SSSR count). The molecule has 1 aromatic rings. The number of piperidine rings is 1. The van der Waals surface area contributed by atoms with E-state index in [0.29, 0.717) is 19.6 Å². The van der Waals surface area contributed by atoms with Crippen LogP contribution in [0.3, 0.4) is 0 Å². The third kappa shape index (κ3) is 5.19. The van der Waals surface area contributed by atoms with Crippen molar-refractivity contribution in [2.24, 2.45) is 5.92 Å². The molecule has 28 heavy (non-hydrogen) atoms. The number of amides is 2. The van der Waals surface area contributed by atoms with E-state index in [4.69, 9.17) is 4.74 Å². The molecule has 0 spiro atoms. The molecule has 0 radical (unpaired) electrons. The van der Waals surface area contributed by atoms with E-state index in [1.165, 1.54) is 6.07 Å². The van der Waals surface area contributed by atoms with Crippen molar-refractivity contribution in [3.8, 4) is 5.75 Å². The molecular formula is C20H27F2N3O3. The van der Waals surface area contributed by atoms with Gasteiger partial charge in [-0.15, -0.1) is 0 Å². The van der Waals surface area contributed by atoms with Crippen molar-refractivity contribution in [2.75, 3.05) is 26.2 Å². The zero-order chi connectivity index (χ0) is 20.1. The van der Waals surface area contributed by atoms with Gasteiger partial charge in [0.15, 0.2) is 17.7 Å². The first-order valence-electron chi connectivity index (χ1n) is 9.85. The molecule has 2 heterocycles. The number of rotatable bonds is 6. The maximum atomic E-state index is 13.3. The molecule has 0 aliphatic carbocycles. The molecule has 6 nitrogen and oxygen atoms in total. The number of hydrogen-bond acceptors (Lipinski definition) is 4. The van der Waals surface area contributed by atoms with Gasteiger partial charge in [0.2, 0.25) is 5.91 Å². The van der Waals surface area contributed by atoms with E-state index in [9.17, 15) is 18.4 Å². The minimum atomic E-state index is -1.01. The van der Waals surface area contributed by atoms with Gasteiger partial charge in [0.05, 0.1) is 6.04 Å². The fourth-order valence-electron chi connectivity index (χ4n) is 3.77. The maximum absolute atomic E-state index is 13.3. The molecule has 2 aliphatic rings. The lowest BCUT2D eigenvalue weighted by Crippen LogP contribution is -2.49. The summed E-state index contributed by atoms with van der Waals surface area (Å²) in [7, 11) is 0. The van der Waals surface area contributed by atoms with E-state index in [-0.39, 0.29) is 29.5 Å². The molecule has 3 unspecified atom stereocenters. The van der Waals surface area contributed by atoms with Gasteiger partial charge in [-0.25, -0.2) is 8.78 Å². The summed E-state index contributed by atoms with van der Waals surface area (Å²) < 4.78 is 31.8. The number of carbonyl (C=O) groups excluding carboxylic acids is 2. The second-order valence-corrected chi connectivity index (χ2v) is 7.52. The number of nitrogens with zero attached hydrogens (tertiary/aromatic N) is 1. The van der Waals surface area contributed by atoms with Crippen molar-refractivity contribution in [1.29, 1.82) is 0 Å². The fourth-order valence-corrected chi connectivity index (χ4v) is 3.77. The number of benzene rings is 1. The van der Waals surface area contributed by atoms with E-state index in [2.05, 4.69) is 10.6 Å². The summed E-state index contributed by atoms with van der Waals surface area (Å²) in [5.74, 6) is -1.83. The Kier molecular flexibility index (Phi) is 6.83. The first-order chi connectivity index (χ1) is 13.4. The quantitative estimate of drug-likeness (QED) is 0.771. The van der Waals surface area contributed by atoms with E-state index < -0.39 is 17.7 Å². The van der Waals surface area contributed by atoms with Crippen LogP contribution in [0.2, 0.25) is 0 Å². The van der Waals surface area contributed by atoms with Crippen LogP contribution in [0.1, 0.15) is 32.6 Å². The molecule has 2 fully saturated rings. The summed E-state index contributed by atoms with van der Waals surface area (Å²) >= 11 is 0. The molecule has 2 amide bonds. The lowest BCUT2D eigenvalue weighted by molar-refractivity contribution is -0.139. The van der Waals surface area contributed by atoms with Gasteiger partial charge in [-0.1, -0.05) is 0 Å². The summed E-state index contributed by atoms with van der Waals surface area (Å²) in [5, 5.41) is 6.16. The van der Waals surface area contributed by atoms with Gasteiger partial charge in [-0.3, -0.25) is 9.59 Å². The highest BCUT2D eigenvalue weighted by Crippen LogP contribution is 2.20. The number of ether oxygens (including phenoxy) is 1. The third-order valence-corrected chi connectivity index (χ3v) is 5.32. The van der Waals surface area contributed by atoms with Crippen LogP contribution >= 0.6 is 0 Å². The zero-order valence-corrected chi connectivity index (χ0v) is 16.0. The predicted octanol–water partition coefficient (Wildman–Crippen LogP) is 1.84. The van der Waals surface area contributed by atoms with Crippen LogP contribution in [0.4, 0.5) is 8.78 Å². The summed E-state index contributed by atoms with van der Waals surface area (Å²) in [5.41, 5.74) is 0. The van der Waals surface area contributed by atoms with Crippen LogP contribution in [-0.2, 0) is 9.59 Å². The summed E-state index contributed by atoms with van der Waals surface area (Å²) in [6.45, 7) is 4.18. The monoisotopic (exact) mass is 395 g/mol. The van der Waals surface area contributed by atoms with Crippen molar-refractivity contribution in [3.05, 3.63) is 29.8 Å². The summed E-state index contributed by atoms with van der Waals surface area (Å²) in [4.78, 5) is 26.5. The Morgan fingerprint density at radius 2 is 2.11 bits per heavy atom. The Hall–Kier alpha value is -2.22. The van der Waals surface area contributed by atoms with E-state index in [0.717, 1.165) is 44.4 Å². The Morgan fingerprint density at radius 1 is 1.29 bits per heavy atom. The summed E-state index contributed by atoms with van der Waals surface area (Å²) in [6, 6.07) is 3.10. The fraction of sp³-hybridized carbons (Fsp3) is 0.600. The first kappa shape index (κ1) is 20.5. The predicted molar refractivity (Wildman–Crippen MR) is 99.8 cm³/mol. The molecule has 2 aliphatic heterocycles. The number of hydrogen-bond donors (Lipinski definition) is 2. The molecule has 3 atom stereocenters. The Balaban J connectivity index is 1.48. The molecule has 8 heteroatoms. The highest BCUT2D eigenvalue weighted by Gasteiger charge is 2.29. The minimum Gasteiger partial charge on any atom is -0.481 e. The van der Waals surface area contributed by atoms with Crippen molar-refractivity contribution in [2.45, 2.75) is 44.8 Å². The Labute approximate surface area is 163 Å². The minimum absolute atomic E-state index is 0.0241. The Morgan fingerprint density at radius 3 is 2.82 bits per heavy atom. The molecule has 2 saturated heterocycles. The third-order valence-electron chi connectivity index (χ3n) is 5.32.